The minimum Gasteiger partial charge on any atom is -0.370 e. The van der Waals surface area contributed by atoms with Crippen molar-refractivity contribution in [3.63, 3.8) is 0 Å². The van der Waals surface area contributed by atoms with Crippen LogP contribution in [0, 0.1) is 11.7 Å². The molecule has 8 heteroatoms. The van der Waals surface area contributed by atoms with Crippen LogP contribution >= 0.6 is 11.3 Å². The number of nitrogens with zero attached hydrogens (tertiary/aromatic N) is 3. The lowest BCUT2D eigenvalue weighted by atomic mass is 10.2. The second kappa shape index (κ2) is 9.25. The number of ether oxygens (including phenoxy) is 1. The summed E-state index contributed by atoms with van der Waals surface area (Å²) in [4.78, 5) is 32.8. The topological polar surface area (TPSA) is 62.7 Å². The molecule has 1 aliphatic rings. The Balaban J connectivity index is 1.75. The molecule has 2 aromatic rings. The molecule has 0 radical (unpaired) electrons. The summed E-state index contributed by atoms with van der Waals surface area (Å²) in [5, 5.41) is 1.67. The SMILES string of the molecule is CC(C)CN1C[C@@H](OCc2cccc(F)c2)CN(C(=O)c2cscn2)CC1=O. The summed E-state index contributed by atoms with van der Waals surface area (Å²) in [5.74, 6) is -0.401. The van der Waals surface area contributed by atoms with Gasteiger partial charge in [-0.05, 0) is 23.6 Å². The Morgan fingerprint density at radius 2 is 2.21 bits per heavy atom. The summed E-state index contributed by atoms with van der Waals surface area (Å²) in [5.41, 5.74) is 2.64. The average molecular weight is 405 g/mol. The van der Waals surface area contributed by atoms with Crippen molar-refractivity contribution < 1.29 is 18.7 Å². The van der Waals surface area contributed by atoms with E-state index in [9.17, 15) is 14.0 Å². The first-order chi connectivity index (χ1) is 13.4. The molecule has 28 heavy (non-hydrogen) atoms. The summed E-state index contributed by atoms with van der Waals surface area (Å²) in [6.07, 6.45) is -0.365. The zero-order valence-electron chi connectivity index (χ0n) is 16.0. The molecule has 150 valence electrons. The van der Waals surface area contributed by atoms with Gasteiger partial charge in [0.1, 0.15) is 18.1 Å². The van der Waals surface area contributed by atoms with Crippen molar-refractivity contribution in [2.24, 2.45) is 5.92 Å². The van der Waals surface area contributed by atoms with Gasteiger partial charge >= 0.3 is 0 Å². The Bertz CT molecular complexity index is 813. The van der Waals surface area contributed by atoms with Crippen molar-refractivity contribution in [1.82, 2.24) is 14.8 Å². The number of rotatable bonds is 6. The number of thiazole rings is 1. The number of carbonyl (C=O) groups is 2. The number of amides is 2. The Hall–Kier alpha value is -2.32. The number of carbonyl (C=O) groups excluding carboxylic acids is 2. The average Bonchev–Trinajstić information content (AvgIpc) is 3.13. The quantitative estimate of drug-likeness (QED) is 0.741. The molecule has 2 heterocycles. The van der Waals surface area contributed by atoms with E-state index in [1.807, 2.05) is 13.8 Å². The molecule has 1 saturated heterocycles. The Labute approximate surface area is 167 Å². The number of halogens is 1. The molecule has 3 rings (SSSR count). The lowest BCUT2D eigenvalue weighted by Gasteiger charge is -2.26. The maximum absolute atomic E-state index is 13.4. The summed E-state index contributed by atoms with van der Waals surface area (Å²) >= 11 is 1.34. The van der Waals surface area contributed by atoms with Crippen LogP contribution in [0.3, 0.4) is 0 Å². The minimum atomic E-state index is -0.365. The second-order valence-corrected chi connectivity index (χ2v) is 8.03. The zero-order valence-corrected chi connectivity index (χ0v) is 16.8. The van der Waals surface area contributed by atoms with Crippen molar-refractivity contribution in [3.05, 3.63) is 52.2 Å². The van der Waals surface area contributed by atoms with Gasteiger partial charge in [-0.25, -0.2) is 9.37 Å². The van der Waals surface area contributed by atoms with Gasteiger partial charge in [-0.2, -0.15) is 0 Å². The molecule has 0 spiro atoms. The summed E-state index contributed by atoms with van der Waals surface area (Å²) in [6, 6.07) is 6.22. The first-order valence-electron chi connectivity index (χ1n) is 9.23. The molecule has 6 nitrogen and oxygen atoms in total. The first kappa shape index (κ1) is 20.4. The number of hydrogen-bond donors (Lipinski definition) is 0. The lowest BCUT2D eigenvalue weighted by molar-refractivity contribution is -0.132. The molecule has 2 amide bonds. The van der Waals surface area contributed by atoms with E-state index < -0.39 is 0 Å². The fourth-order valence-corrected chi connectivity index (χ4v) is 3.70. The van der Waals surface area contributed by atoms with Crippen LogP contribution < -0.4 is 0 Å². The molecular formula is C20H24FN3O3S. The zero-order chi connectivity index (χ0) is 20.1. The molecule has 1 fully saturated rings. The molecule has 1 aliphatic heterocycles. The largest absolute Gasteiger partial charge is 0.370 e. The van der Waals surface area contributed by atoms with E-state index >= 15 is 0 Å². The number of benzene rings is 1. The van der Waals surface area contributed by atoms with Gasteiger partial charge in [0, 0.05) is 25.0 Å². The van der Waals surface area contributed by atoms with Crippen molar-refractivity contribution in [1.29, 1.82) is 0 Å². The van der Waals surface area contributed by atoms with E-state index in [0.717, 1.165) is 0 Å². The van der Waals surface area contributed by atoms with E-state index in [4.69, 9.17) is 4.74 Å². The molecular weight excluding hydrogens is 381 g/mol. The van der Waals surface area contributed by atoms with E-state index in [1.165, 1.54) is 28.4 Å². The van der Waals surface area contributed by atoms with Crippen molar-refractivity contribution in [3.8, 4) is 0 Å². The van der Waals surface area contributed by atoms with Crippen LogP contribution in [-0.2, 0) is 16.1 Å². The minimum absolute atomic E-state index is 0.00288. The third-order valence-electron chi connectivity index (χ3n) is 4.43. The Morgan fingerprint density at radius 1 is 1.39 bits per heavy atom. The number of aromatic nitrogens is 1. The smallest absolute Gasteiger partial charge is 0.273 e. The summed E-state index contributed by atoms with van der Waals surface area (Å²) < 4.78 is 19.4. The van der Waals surface area contributed by atoms with E-state index in [0.29, 0.717) is 30.3 Å². The monoisotopic (exact) mass is 405 g/mol. The first-order valence-corrected chi connectivity index (χ1v) is 10.2. The van der Waals surface area contributed by atoms with Gasteiger partial charge in [-0.15, -0.1) is 11.3 Å². The lowest BCUT2D eigenvalue weighted by Crippen LogP contribution is -2.40. The highest BCUT2D eigenvalue weighted by molar-refractivity contribution is 7.07. The highest BCUT2D eigenvalue weighted by Crippen LogP contribution is 2.16. The normalized spacial score (nSPS) is 17.9. The highest BCUT2D eigenvalue weighted by atomic mass is 32.1. The molecule has 0 bridgehead atoms. The van der Waals surface area contributed by atoms with Gasteiger partial charge in [0.25, 0.3) is 5.91 Å². The number of hydrogen-bond acceptors (Lipinski definition) is 5. The fraction of sp³-hybridized carbons (Fsp3) is 0.450. The van der Waals surface area contributed by atoms with Crippen molar-refractivity contribution in [2.75, 3.05) is 26.2 Å². The highest BCUT2D eigenvalue weighted by Gasteiger charge is 2.32. The Kier molecular flexibility index (Phi) is 6.74. The molecule has 0 aliphatic carbocycles. The van der Waals surface area contributed by atoms with Gasteiger partial charge in [0.2, 0.25) is 5.91 Å². The van der Waals surface area contributed by atoms with E-state index in [1.54, 1.807) is 27.9 Å². The maximum Gasteiger partial charge on any atom is 0.273 e. The predicted molar refractivity (Wildman–Crippen MR) is 104 cm³/mol. The summed E-state index contributed by atoms with van der Waals surface area (Å²) in [7, 11) is 0. The van der Waals surface area contributed by atoms with Gasteiger partial charge in [0.15, 0.2) is 0 Å². The van der Waals surface area contributed by atoms with Crippen LogP contribution in [-0.4, -0.2) is 58.9 Å². The van der Waals surface area contributed by atoms with Gasteiger partial charge in [0.05, 0.1) is 18.2 Å². The van der Waals surface area contributed by atoms with Crippen LogP contribution in [0.4, 0.5) is 4.39 Å². The molecule has 0 saturated carbocycles. The van der Waals surface area contributed by atoms with E-state index in [-0.39, 0.29) is 43.4 Å². The van der Waals surface area contributed by atoms with Gasteiger partial charge in [-0.1, -0.05) is 26.0 Å². The second-order valence-electron chi connectivity index (χ2n) is 7.31. The summed E-state index contributed by atoms with van der Waals surface area (Å²) in [6.45, 7) is 5.57. The Morgan fingerprint density at radius 3 is 2.89 bits per heavy atom. The molecule has 1 aromatic carbocycles. The third-order valence-corrected chi connectivity index (χ3v) is 5.01. The van der Waals surface area contributed by atoms with Crippen molar-refractivity contribution >= 4 is 23.2 Å². The predicted octanol–water partition coefficient (Wildman–Crippen LogP) is 2.81. The third kappa shape index (κ3) is 5.36. The van der Waals surface area contributed by atoms with Crippen molar-refractivity contribution in [2.45, 2.75) is 26.6 Å². The van der Waals surface area contributed by atoms with Crippen LogP contribution in [0.2, 0.25) is 0 Å². The molecule has 0 unspecified atom stereocenters. The standard InChI is InChI=1S/C20H24FN3O3S/c1-14(2)7-23-8-17(27-11-15-4-3-5-16(21)6-15)9-24(10-19(23)25)20(26)18-12-28-13-22-18/h3-6,12-14,17H,7-11H2,1-2H3/t17-/m1/s1. The maximum atomic E-state index is 13.4. The fourth-order valence-electron chi connectivity index (χ4n) is 3.18. The van der Waals surface area contributed by atoms with Crippen LogP contribution in [0.1, 0.15) is 29.9 Å². The van der Waals surface area contributed by atoms with Gasteiger partial charge < -0.3 is 14.5 Å². The van der Waals surface area contributed by atoms with Gasteiger partial charge in [-0.3, -0.25) is 9.59 Å². The molecule has 0 N–H and O–H groups in total. The molecule has 1 aromatic heterocycles. The van der Waals surface area contributed by atoms with E-state index in [2.05, 4.69) is 4.98 Å². The van der Waals surface area contributed by atoms with Crippen LogP contribution in [0.5, 0.6) is 0 Å². The van der Waals surface area contributed by atoms with Crippen LogP contribution in [0.15, 0.2) is 35.2 Å². The van der Waals surface area contributed by atoms with Crippen LogP contribution in [0.25, 0.3) is 0 Å². The molecule has 1 atom stereocenters.